The van der Waals surface area contributed by atoms with Crippen LogP contribution in [0.4, 0.5) is 0 Å². The van der Waals surface area contributed by atoms with E-state index in [-0.39, 0.29) is 42.2 Å². The molecule has 0 aliphatic carbocycles. The third kappa shape index (κ3) is 7.11. The van der Waals surface area contributed by atoms with Crippen LogP contribution >= 0.6 is 24.8 Å². The monoisotopic (exact) mass is 467 g/mol. The number of aromatic nitrogens is 1. The average molecular weight is 468 g/mol. The fourth-order valence-electron chi connectivity index (χ4n) is 2.65. The molecule has 0 bridgehead atoms. The highest BCUT2D eigenvalue weighted by Gasteiger charge is 2.18. The quantitative estimate of drug-likeness (QED) is 0.519. The average Bonchev–Trinajstić information content (AvgIpc) is 2.71. The first-order chi connectivity index (χ1) is 13.4. The second-order valence-electron chi connectivity index (χ2n) is 6.40. The molecule has 1 amide bonds. The van der Waals surface area contributed by atoms with Crippen LogP contribution in [0.5, 0.6) is 0 Å². The highest BCUT2D eigenvalue weighted by atomic mass is 35.5. The summed E-state index contributed by atoms with van der Waals surface area (Å²) in [5, 5.41) is 4.36. The number of rotatable bonds is 7. The summed E-state index contributed by atoms with van der Waals surface area (Å²) < 4.78 is 27.8. The molecule has 1 aromatic heterocycles. The Labute approximate surface area is 188 Å². The van der Waals surface area contributed by atoms with Crippen LogP contribution in [0, 0.1) is 0 Å². The van der Waals surface area contributed by atoms with E-state index >= 15 is 0 Å². The molecular formula is C21H23Cl2N3O3S. The van der Waals surface area contributed by atoms with E-state index in [0.29, 0.717) is 0 Å². The van der Waals surface area contributed by atoms with E-state index in [4.69, 9.17) is 0 Å². The molecule has 1 heterocycles. The first kappa shape index (κ1) is 25.6. The van der Waals surface area contributed by atoms with Gasteiger partial charge in [0.15, 0.2) is 0 Å². The van der Waals surface area contributed by atoms with Crippen LogP contribution in [0.25, 0.3) is 16.8 Å². The second kappa shape index (κ2) is 11.7. The minimum absolute atomic E-state index is 0. The maximum absolute atomic E-state index is 12.6. The normalized spacial score (nSPS) is 12.0. The molecule has 2 aromatic carbocycles. The molecule has 0 radical (unpaired) electrons. The van der Waals surface area contributed by atoms with Gasteiger partial charge in [0, 0.05) is 36.4 Å². The van der Waals surface area contributed by atoms with Crippen molar-refractivity contribution in [2.24, 2.45) is 0 Å². The summed E-state index contributed by atoms with van der Waals surface area (Å²) in [6.45, 7) is 1.87. The van der Waals surface area contributed by atoms with Gasteiger partial charge in [-0.25, -0.2) is 13.1 Å². The summed E-state index contributed by atoms with van der Waals surface area (Å²) in [4.78, 5) is 16.1. The Morgan fingerprint density at radius 3 is 2.53 bits per heavy atom. The van der Waals surface area contributed by atoms with Crippen LogP contribution in [-0.2, 0) is 14.8 Å². The summed E-state index contributed by atoms with van der Waals surface area (Å²) in [7, 11) is -3.69. The lowest BCUT2D eigenvalue weighted by molar-refractivity contribution is -0.116. The summed E-state index contributed by atoms with van der Waals surface area (Å²) >= 11 is 0. The first-order valence-corrected chi connectivity index (χ1v) is 10.3. The second-order valence-corrected chi connectivity index (χ2v) is 8.11. The summed E-state index contributed by atoms with van der Waals surface area (Å²) in [6.07, 6.45) is 6.43. The van der Waals surface area contributed by atoms with Crippen LogP contribution < -0.4 is 10.0 Å². The molecule has 9 heteroatoms. The van der Waals surface area contributed by atoms with Crippen LogP contribution in [-0.4, -0.2) is 31.9 Å². The molecule has 3 aromatic rings. The Balaban J connectivity index is 0.00000225. The van der Waals surface area contributed by atoms with Crippen molar-refractivity contribution >= 4 is 57.6 Å². The molecule has 30 heavy (non-hydrogen) atoms. The molecule has 6 nitrogen and oxygen atoms in total. The van der Waals surface area contributed by atoms with Crippen molar-refractivity contribution in [1.82, 2.24) is 15.0 Å². The van der Waals surface area contributed by atoms with Crippen molar-refractivity contribution in [3.63, 3.8) is 0 Å². The summed E-state index contributed by atoms with van der Waals surface area (Å²) in [6, 6.07) is 15.6. The lowest BCUT2D eigenvalue weighted by Crippen LogP contribution is -2.41. The number of carbonyl (C=O) groups excluding carboxylic acids is 1. The smallest absolute Gasteiger partial charge is 0.244 e. The molecule has 0 aliphatic heterocycles. The highest BCUT2D eigenvalue weighted by Crippen LogP contribution is 2.18. The van der Waals surface area contributed by atoms with Gasteiger partial charge in [0.05, 0.1) is 4.90 Å². The van der Waals surface area contributed by atoms with Crippen LogP contribution in [0.3, 0.4) is 0 Å². The SMILES string of the molecule is C[C@H](CNC(=O)/C=C/c1ccccc1)NS(=O)(=O)c1ccc2cnccc2c1.Cl.Cl. The molecule has 2 N–H and O–H groups in total. The van der Waals surface area contributed by atoms with Crippen LogP contribution in [0.15, 0.2) is 78.0 Å². The van der Waals surface area contributed by atoms with Gasteiger partial charge in [0.25, 0.3) is 0 Å². The highest BCUT2D eigenvalue weighted by molar-refractivity contribution is 7.89. The van der Waals surface area contributed by atoms with E-state index < -0.39 is 16.1 Å². The van der Waals surface area contributed by atoms with E-state index in [1.807, 2.05) is 30.3 Å². The van der Waals surface area contributed by atoms with Crippen molar-refractivity contribution < 1.29 is 13.2 Å². The zero-order chi connectivity index (χ0) is 20.0. The minimum atomic E-state index is -3.69. The van der Waals surface area contributed by atoms with Crippen molar-refractivity contribution in [2.75, 3.05) is 6.54 Å². The molecule has 0 saturated carbocycles. The molecule has 0 unspecified atom stereocenters. The number of nitrogens with one attached hydrogen (secondary N) is 2. The third-order valence-corrected chi connectivity index (χ3v) is 5.68. The Morgan fingerprint density at radius 2 is 1.80 bits per heavy atom. The van der Waals surface area contributed by atoms with Gasteiger partial charge in [-0.05, 0) is 42.1 Å². The van der Waals surface area contributed by atoms with Gasteiger partial charge < -0.3 is 5.32 Å². The van der Waals surface area contributed by atoms with Gasteiger partial charge in [-0.3, -0.25) is 9.78 Å². The fraction of sp³-hybridized carbons (Fsp3) is 0.143. The largest absolute Gasteiger partial charge is 0.351 e. The van der Waals surface area contributed by atoms with Crippen LogP contribution in [0.1, 0.15) is 12.5 Å². The summed E-state index contributed by atoms with van der Waals surface area (Å²) in [5.74, 6) is -0.284. The fourth-order valence-corrected chi connectivity index (χ4v) is 3.93. The predicted octanol–water partition coefficient (Wildman–Crippen LogP) is 3.57. The predicted molar refractivity (Wildman–Crippen MR) is 125 cm³/mol. The number of sulfonamides is 1. The minimum Gasteiger partial charge on any atom is -0.351 e. The zero-order valence-electron chi connectivity index (χ0n) is 16.2. The number of carbonyl (C=O) groups is 1. The molecule has 0 fully saturated rings. The van der Waals surface area contributed by atoms with Gasteiger partial charge in [-0.15, -0.1) is 24.8 Å². The maximum Gasteiger partial charge on any atom is 0.244 e. The van der Waals surface area contributed by atoms with Gasteiger partial charge in [-0.2, -0.15) is 0 Å². The Bertz CT molecular complexity index is 1110. The van der Waals surface area contributed by atoms with Gasteiger partial charge in [0.1, 0.15) is 0 Å². The first-order valence-electron chi connectivity index (χ1n) is 8.81. The molecule has 0 aliphatic rings. The van der Waals surface area contributed by atoms with Gasteiger partial charge >= 0.3 is 0 Å². The number of halogens is 2. The lowest BCUT2D eigenvalue weighted by atomic mass is 10.2. The Kier molecular flexibility index (Phi) is 9.95. The number of hydrogen-bond donors (Lipinski definition) is 2. The molecule has 1 atom stereocenters. The van der Waals surface area contributed by atoms with Crippen molar-refractivity contribution in [1.29, 1.82) is 0 Å². The summed E-state index contributed by atoms with van der Waals surface area (Å²) in [5.41, 5.74) is 0.915. The lowest BCUT2D eigenvalue weighted by Gasteiger charge is -2.15. The molecule has 0 spiro atoms. The van der Waals surface area contributed by atoms with E-state index in [1.54, 1.807) is 49.7 Å². The molecule has 3 rings (SSSR count). The van der Waals surface area contributed by atoms with E-state index in [1.165, 1.54) is 6.08 Å². The number of fused-ring (bicyclic) bond motifs is 1. The number of hydrogen-bond acceptors (Lipinski definition) is 4. The number of nitrogens with zero attached hydrogens (tertiary/aromatic N) is 1. The Hall–Kier alpha value is -2.45. The molecule has 160 valence electrons. The number of pyridine rings is 1. The van der Waals surface area contributed by atoms with Crippen LogP contribution in [0.2, 0.25) is 0 Å². The number of benzene rings is 2. The van der Waals surface area contributed by atoms with E-state index in [2.05, 4.69) is 15.0 Å². The van der Waals surface area contributed by atoms with Crippen molar-refractivity contribution in [2.45, 2.75) is 17.9 Å². The van der Waals surface area contributed by atoms with E-state index in [0.717, 1.165) is 16.3 Å². The van der Waals surface area contributed by atoms with Gasteiger partial charge in [0.2, 0.25) is 15.9 Å². The molecule has 0 saturated heterocycles. The molecular weight excluding hydrogens is 445 g/mol. The van der Waals surface area contributed by atoms with Crippen molar-refractivity contribution in [3.05, 3.63) is 78.6 Å². The van der Waals surface area contributed by atoms with Gasteiger partial charge in [-0.1, -0.05) is 36.4 Å². The standard InChI is InChI=1S/C21H21N3O3S.2ClH/c1-16(14-23-21(25)10-7-17-5-3-2-4-6-17)24-28(26,27)20-9-8-19-15-22-12-11-18(19)13-20;;/h2-13,15-16,24H,14H2,1H3,(H,23,25);2*1H/b10-7+;;/t16-;;/m1../s1. The zero-order valence-corrected chi connectivity index (χ0v) is 18.6. The number of amides is 1. The topological polar surface area (TPSA) is 88.2 Å². The van der Waals surface area contributed by atoms with Crippen molar-refractivity contribution in [3.8, 4) is 0 Å². The van der Waals surface area contributed by atoms with E-state index in [9.17, 15) is 13.2 Å². The third-order valence-electron chi connectivity index (χ3n) is 4.09. The Morgan fingerprint density at radius 1 is 1.07 bits per heavy atom. The maximum atomic E-state index is 12.6.